The maximum Gasteiger partial charge on any atom is 0.211 e. The highest BCUT2D eigenvalue weighted by Crippen LogP contribution is 2.28. The van der Waals surface area contributed by atoms with Crippen molar-refractivity contribution in [2.45, 2.75) is 33.1 Å². The van der Waals surface area contributed by atoms with Gasteiger partial charge in [0.1, 0.15) is 5.69 Å². The Balaban J connectivity index is 2.33. The van der Waals surface area contributed by atoms with E-state index in [0.29, 0.717) is 17.5 Å². The molecule has 0 aliphatic rings. The molecule has 2 nitrogen and oxygen atoms in total. The van der Waals surface area contributed by atoms with Crippen LogP contribution in [0.4, 0.5) is 0 Å². The predicted molar refractivity (Wildman–Crippen MR) is 82.0 cm³/mol. The summed E-state index contributed by atoms with van der Waals surface area (Å²) in [6.07, 6.45) is 2.74. The van der Waals surface area contributed by atoms with Crippen molar-refractivity contribution in [3.8, 4) is 0 Å². The number of hydrogen-bond donors (Lipinski definition) is 0. The van der Waals surface area contributed by atoms with Crippen LogP contribution in [0.2, 0.25) is 0 Å². The molecule has 1 unspecified atom stereocenters. The second kappa shape index (κ2) is 6.47. The fourth-order valence-corrected chi connectivity index (χ4v) is 2.65. The van der Waals surface area contributed by atoms with Gasteiger partial charge in [0.25, 0.3) is 0 Å². The highest BCUT2D eigenvalue weighted by atomic mass is 16.1. The third-order valence-electron chi connectivity index (χ3n) is 3.72. The maximum atomic E-state index is 12.4. The van der Waals surface area contributed by atoms with Crippen molar-refractivity contribution in [1.29, 1.82) is 0 Å². The average Bonchev–Trinajstić information content (AvgIpc) is 2.48. The average molecular weight is 267 g/mol. The molecule has 104 valence electrons. The molecule has 0 aliphatic carbocycles. The quantitative estimate of drug-likeness (QED) is 0.748. The smallest absolute Gasteiger partial charge is 0.211 e. The molecule has 2 rings (SSSR count). The Morgan fingerprint density at radius 1 is 1.15 bits per heavy atom. The Morgan fingerprint density at radius 2 is 1.95 bits per heavy atom. The van der Waals surface area contributed by atoms with Crippen LogP contribution < -0.4 is 0 Å². The topological polar surface area (TPSA) is 30.0 Å². The van der Waals surface area contributed by atoms with Crippen LogP contribution in [0, 0.1) is 5.92 Å². The van der Waals surface area contributed by atoms with E-state index in [1.165, 1.54) is 5.56 Å². The summed E-state index contributed by atoms with van der Waals surface area (Å²) in [7, 11) is 0. The number of carbonyl (C=O) groups is 1. The molecule has 1 aromatic carbocycles. The maximum absolute atomic E-state index is 12.4. The Labute approximate surface area is 120 Å². The zero-order valence-corrected chi connectivity index (χ0v) is 12.3. The van der Waals surface area contributed by atoms with E-state index in [9.17, 15) is 4.79 Å². The highest BCUT2D eigenvalue weighted by molar-refractivity contribution is 6.07. The van der Waals surface area contributed by atoms with Gasteiger partial charge < -0.3 is 0 Å². The zero-order valence-electron chi connectivity index (χ0n) is 12.3. The molecule has 0 bridgehead atoms. The van der Waals surface area contributed by atoms with Crippen molar-refractivity contribution in [2.75, 3.05) is 0 Å². The second-order valence-electron chi connectivity index (χ2n) is 5.43. The summed E-state index contributed by atoms with van der Waals surface area (Å²) in [4.78, 5) is 16.6. The van der Waals surface area contributed by atoms with Gasteiger partial charge in [-0.15, -0.1) is 0 Å². The highest BCUT2D eigenvalue weighted by Gasteiger charge is 2.16. The van der Waals surface area contributed by atoms with Crippen molar-refractivity contribution >= 4 is 5.78 Å². The van der Waals surface area contributed by atoms with Gasteiger partial charge in [-0.3, -0.25) is 9.78 Å². The summed E-state index contributed by atoms with van der Waals surface area (Å²) in [6.45, 7) is 6.64. The molecule has 0 saturated carbocycles. The number of pyridine rings is 1. The van der Waals surface area contributed by atoms with Crippen LogP contribution >= 0.6 is 0 Å². The Morgan fingerprint density at radius 3 is 2.55 bits per heavy atom. The third-order valence-corrected chi connectivity index (χ3v) is 3.72. The van der Waals surface area contributed by atoms with Gasteiger partial charge in [0.15, 0.2) is 0 Å². The predicted octanol–water partition coefficient (Wildman–Crippen LogP) is 4.46. The molecular formula is C18H21NO. The number of carbonyl (C=O) groups excluding carboxylic acids is 1. The van der Waals surface area contributed by atoms with Crippen LogP contribution in [0.5, 0.6) is 0 Å². The molecule has 0 fully saturated rings. The van der Waals surface area contributed by atoms with Crippen LogP contribution in [0.1, 0.15) is 54.7 Å². The summed E-state index contributed by atoms with van der Waals surface area (Å²) in [5.41, 5.74) is 2.46. The van der Waals surface area contributed by atoms with Crippen molar-refractivity contribution in [3.63, 3.8) is 0 Å². The number of ketones is 1. The van der Waals surface area contributed by atoms with Gasteiger partial charge in [-0.05, 0) is 42.0 Å². The van der Waals surface area contributed by atoms with Crippen molar-refractivity contribution in [1.82, 2.24) is 4.98 Å². The van der Waals surface area contributed by atoms with Crippen LogP contribution in [-0.2, 0) is 0 Å². The van der Waals surface area contributed by atoms with Gasteiger partial charge in [0, 0.05) is 11.8 Å². The minimum absolute atomic E-state index is 0.00828. The number of aromatic nitrogens is 1. The second-order valence-corrected chi connectivity index (χ2v) is 5.43. The fraction of sp³-hybridized carbons (Fsp3) is 0.333. The van der Waals surface area contributed by atoms with E-state index in [1.54, 1.807) is 12.3 Å². The Bertz CT molecular complexity index is 575. The lowest BCUT2D eigenvalue weighted by atomic mass is 9.85. The van der Waals surface area contributed by atoms with Gasteiger partial charge in [-0.2, -0.15) is 0 Å². The van der Waals surface area contributed by atoms with E-state index in [0.717, 1.165) is 12.0 Å². The van der Waals surface area contributed by atoms with Gasteiger partial charge in [-0.25, -0.2) is 0 Å². The lowest BCUT2D eigenvalue weighted by Crippen LogP contribution is -2.08. The lowest BCUT2D eigenvalue weighted by molar-refractivity contribution is 0.103. The van der Waals surface area contributed by atoms with Crippen LogP contribution in [0.25, 0.3) is 0 Å². The van der Waals surface area contributed by atoms with Crippen molar-refractivity contribution < 1.29 is 4.79 Å². The normalized spacial score (nSPS) is 12.4. The van der Waals surface area contributed by atoms with E-state index in [1.807, 2.05) is 30.3 Å². The first-order chi connectivity index (χ1) is 9.63. The minimum atomic E-state index is -0.00828. The number of hydrogen-bond acceptors (Lipinski definition) is 2. The lowest BCUT2D eigenvalue weighted by Gasteiger charge is -2.20. The third kappa shape index (κ3) is 3.13. The number of benzene rings is 1. The molecule has 2 aromatic rings. The molecule has 0 aliphatic heterocycles. The molecule has 20 heavy (non-hydrogen) atoms. The Kier molecular flexibility index (Phi) is 4.67. The summed E-state index contributed by atoms with van der Waals surface area (Å²) < 4.78 is 0. The first-order valence-corrected chi connectivity index (χ1v) is 7.19. The van der Waals surface area contributed by atoms with E-state index >= 15 is 0 Å². The molecular weight excluding hydrogens is 246 g/mol. The molecule has 2 heteroatoms. The molecule has 1 atom stereocenters. The van der Waals surface area contributed by atoms with Gasteiger partial charge >= 0.3 is 0 Å². The largest absolute Gasteiger partial charge is 0.287 e. The molecule has 0 saturated heterocycles. The molecule has 0 radical (unpaired) electrons. The number of nitrogens with zero attached hydrogens (tertiary/aromatic N) is 1. The van der Waals surface area contributed by atoms with Gasteiger partial charge in [-0.1, -0.05) is 45.0 Å². The van der Waals surface area contributed by atoms with Crippen LogP contribution in [-0.4, -0.2) is 10.8 Å². The summed E-state index contributed by atoms with van der Waals surface area (Å²) in [5.74, 6) is 1.05. The Hall–Kier alpha value is -1.96. The minimum Gasteiger partial charge on any atom is -0.287 e. The van der Waals surface area contributed by atoms with E-state index in [4.69, 9.17) is 0 Å². The SMILES string of the molecule is CCC(c1cccc(C(=O)c2ccccn2)c1)C(C)C. The van der Waals surface area contributed by atoms with Crippen molar-refractivity contribution in [2.24, 2.45) is 5.92 Å². The van der Waals surface area contributed by atoms with Gasteiger partial charge in [0.2, 0.25) is 5.78 Å². The van der Waals surface area contributed by atoms with Crippen LogP contribution in [0.3, 0.4) is 0 Å². The summed E-state index contributed by atoms with van der Waals surface area (Å²) in [6, 6.07) is 13.4. The van der Waals surface area contributed by atoms with E-state index in [-0.39, 0.29) is 5.78 Å². The van der Waals surface area contributed by atoms with Crippen LogP contribution in [0.15, 0.2) is 48.7 Å². The monoisotopic (exact) mass is 267 g/mol. The van der Waals surface area contributed by atoms with Gasteiger partial charge in [0.05, 0.1) is 0 Å². The molecule has 1 heterocycles. The summed E-state index contributed by atoms with van der Waals surface area (Å²) >= 11 is 0. The molecule has 0 N–H and O–H groups in total. The first-order valence-electron chi connectivity index (χ1n) is 7.19. The van der Waals surface area contributed by atoms with E-state index in [2.05, 4.69) is 31.8 Å². The first kappa shape index (κ1) is 14.4. The van der Waals surface area contributed by atoms with Crippen molar-refractivity contribution in [3.05, 3.63) is 65.5 Å². The van der Waals surface area contributed by atoms with E-state index < -0.39 is 0 Å². The molecule has 0 amide bonds. The fourth-order valence-electron chi connectivity index (χ4n) is 2.65. The summed E-state index contributed by atoms with van der Waals surface area (Å²) in [5, 5.41) is 0. The number of rotatable bonds is 5. The zero-order chi connectivity index (χ0) is 14.5. The molecule has 0 spiro atoms. The molecule has 1 aromatic heterocycles. The standard InChI is InChI=1S/C18H21NO/c1-4-16(13(2)3)14-8-7-9-15(12-14)18(20)17-10-5-6-11-19-17/h5-13,16H,4H2,1-3H3.